The zero-order valence-corrected chi connectivity index (χ0v) is 21.1. The predicted octanol–water partition coefficient (Wildman–Crippen LogP) is 7.19. The summed E-state index contributed by atoms with van der Waals surface area (Å²) in [5, 5.41) is 0. The lowest BCUT2D eigenvalue weighted by Crippen LogP contribution is -2.14. The van der Waals surface area contributed by atoms with Gasteiger partial charge in [-0.1, -0.05) is 60.7 Å². The summed E-state index contributed by atoms with van der Waals surface area (Å²) in [6.07, 6.45) is 1.75. The van der Waals surface area contributed by atoms with E-state index in [9.17, 15) is 0 Å². The fourth-order valence-electron chi connectivity index (χ4n) is 4.41. The fourth-order valence-corrected chi connectivity index (χ4v) is 4.41. The first-order chi connectivity index (χ1) is 18.1. The highest BCUT2D eigenvalue weighted by atomic mass is 16.5. The van der Waals surface area contributed by atoms with Crippen molar-refractivity contribution in [3.05, 3.63) is 109 Å². The maximum atomic E-state index is 6.01. The number of methoxy groups -OCH3 is 2. The van der Waals surface area contributed by atoms with Gasteiger partial charge in [0, 0.05) is 34.3 Å². The molecule has 0 saturated carbocycles. The van der Waals surface area contributed by atoms with E-state index < -0.39 is 0 Å². The molecule has 0 aliphatic rings. The Bertz CT molecular complexity index is 1420. The number of nitrogen functional groups attached to an aromatic ring is 1. The second kappa shape index (κ2) is 10.4. The second-order valence-electron chi connectivity index (χ2n) is 8.56. The topological polar surface area (TPSA) is 73.5 Å². The highest BCUT2D eigenvalue weighted by Crippen LogP contribution is 2.39. The van der Waals surface area contributed by atoms with E-state index in [1.165, 1.54) is 0 Å². The first-order valence-corrected chi connectivity index (χ1v) is 11.9. The van der Waals surface area contributed by atoms with Crippen molar-refractivity contribution in [1.82, 2.24) is 9.97 Å². The molecular weight excluding hydrogens is 460 g/mol. The molecule has 37 heavy (non-hydrogen) atoms. The molecular formula is C31H28N4O2. The molecule has 0 atom stereocenters. The molecule has 0 saturated heterocycles. The summed E-state index contributed by atoms with van der Waals surface area (Å²) in [5.41, 5.74) is 13.0. The number of para-hydroxylation sites is 2. The third kappa shape index (κ3) is 4.82. The largest absolute Gasteiger partial charge is 0.496 e. The molecule has 0 fully saturated rings. The van der Waals surface area contributed by atoms with E-state index in [4.69, 9.17) is 15.2 Å². The molecule has 5 aromatic rings. The van der Waals surface area contributed by atoms with E-state index in [2.05, 4.69) is 75.5 Å². The summed E-state index contributed by atoms with van der Waals surface area (Å²) >= 11 is 0. The van der Waals surface area contributed by atoms with Crippen LogP contribution in [0.25, 0.3) is 22.3 Å². The summed E-state index contributed by atoms with van der Waals surface area (Å²) in [5.74, 6) is 2.61. The van der Waals surface area contributed by atoms with Crippen LogP contribution in [0.1, 0.15) is 5.56 Å². The smallest absolute Gasteiger partial charge is 0.221 e. The second-order valence-corrected chi connectivity index (χ2v) is 8.56. The maximum Gasteiger partial charge on any atom is 0.221 e. The number of hydrogen-bond donors (Lipinski definition) is 1. The van der Waals surface area contributed by atoms with Gasteiger partial charge in [0.1, 0.15) is 17.3 Å². The van der Waals surface area contributed by atoms with Crippen molar-refractivity contribution < 1.29 is 9.47 Å². The third-order valence-electron chi connectivity index (χ3n) is 6.26. The van der Waals surface area contributed by atoms with Gasteiger partial charge in [-0.2, -0.15) is 4.98 Å². The molecule has 1 heterocycles. The van der Waals surface area contributed by atoms with Crippen LogP contribution < -0.4 is 20.1 Å². The number of anilines is 4. The van der Waals surface area contributed by atoms with Gasteiger partial charge < -0.3 is 15.2 Å². The molecule has 4 aromatic carbocycles. The third-order valence-corrected chi connectivity index (χ3v) is 6.26. The van der Waals surface area contributed by atoms with Crippen LogP contribution in [-0.4, -0.2) is 24.2 Å². The van der Waals surface area contributed by atoms with Crippen LogP contribution in [-0.2, 0) is 0 Å². The number of rotatable bonds is 7. The van der Waals surface area contributed by atoms with Gasteiger partial charge in [-0.3, -0.25) is 4.90 Å². The quantitative estimate of drug-likeness (QED) is 0.261. The average Bonchev–Trinajstić information content (AvgIpc) is 2.96. The molecule has 6 heteroatoms. The number of aromatic nitrogens is 2. The lowest BCUT2D eigenvalue weighted by molar-refractivity contribution is 0.416. The normalized spacial score (nSPS) is 10.7. The minimum atomic E-state index is 0.224. The van der Waals surface area contributed by atoms with Crippen molar-refractivity contribution in [2.24, 2.45) is 0 Å². The van der Waals surface area contributed by atoms with E-state index in [0.717, 1.165) is 56.5 Å². The Morgan fingerprint density at radius 2 is 1.11 bits per heavy atom. The molecule has 0 unspecified atom stereocenters. The van der Waals surface area contributed by atoms with Crippen LogP contribution in [0.4, 0.5) is 23.1 Å². The Balaban J connectivity index is 1.58. The Labute approximate surface area is 217 Å². The van der Waals surface area contributed by atoms with Crippen LogP contribution in [0.2, 0.25) is 0 Å². The average molecular weight is 489 g/mol. The summed E-state index contributed by atoms with van der Waals surface area (Å²) in [7, 11) is 3.37. The van der Waals surface area contributed by atoms with Gasteiger partial charge in [0.05, 0.1) is 14.2 Å². The molecule has 1 aromatic heterocycles. The fraction of sp³-hybridized carbons (Fsp3) is 0.0968. The number of aryl methyl sites for hydroxylation is 1. The summed E-state index contributed by atoms with van der Waals surface area (Å²) in [6.45, 7) is 1.98. The van der Waals surface area contributed by atoms with Crippen LogP contribution in [0.3, 0.4) is 0 Å². The minimum Gasteiger partial charge on any atom is -0.496 e. The number of ether oxygens (including phenoxy) is 2. The van der Waals surface area contributed by atoms with Gasteiger partial charge in [0.15, 0.2) is 0 Å². The first kappa shape index (κ1) is 23.9. The Kier molecular flexibility index (Phi) is 6.72. The maximum absolute atomic E-state index is 6.01. The highest BCUT2D eigenvalue weighted by Gasteiger charge is 2.18. The molecule has 184 valence electrons. The highest BCUT2D eigenvalue weighted by molar-refractivity contribution is 5.81. The molecule has 6 nitrogen and oxygen atoms in total. The van der Waals surface area contributed by atoms with Gasteiger partial charge in [0.25, 0.3) is 0 Å². The molecule has 2 N–H and O–H groups in total. The van der Waals surface area contributed by atoms with Crippen LogP contribution >= 0.6 is 0 Å². The lowest BCUT2D eigenvalue weighted by atomic mass is 10.0. The molecule has 0 amide bonds. The van der Waals surface area contributed by atoms with Crippen LogP contribution in [0.15, 0.2) is 103 Å². The Morgan fingerprint density at radius 1 is 0.649 bits per heavy atom. The van der Waals surface area contributed by atoms with E-state index in [1.54, 1.807) is 20.4 Å². The standard InChI is InChI=1S/C31H28N4O2/c1-21-20-33-31(32)34-30(21)35(24-16-12-22(13-17-24)26-8-4-6-10-28(26)36-2)25-18-14-23(15-19-25)27-9-5-7-11-29(27)37-3/h4-20H,1-3H3,(H2,32,33,34). The van der Waals surface area contributed by atoms with E-state index in [-0.39, 0.29) is 5.95 Å². The van der Waals surface area contributed by atoms with E-state index in [1.807, 2.05) is 43.3 Å². The monoisotopic (exact) mass is 488 g/mol. The zero-order chi connectivity index (χ0) is 25.8. The SMILES string of the molecule is COc1ccccc1-c1ccc(N(c2ccc(-c3ccccc3OC)cc2)c2nc(N)ncc2C)cc1. The molecule has 5 rings (SSSR count). The van der Waals surface area contributed by atoms with Crippen molar-refractivity contribution in [3.8, 4) is 33.8 Å². The number of nitrogens with two attached hydrogens (primary N) is 1. The van der Waals surface area contributed by atoms with Crippen molar-refractivity contribution >= 4 is 23.1 Å². The van der Waals surface area contributed by atoms with E-state index in [0.29, 0.717) is 0 Å². The van der Waals surface area contributed by atoms with Gasteiger partial charge in [0.2, 0.25) is 5.95 Å². The lowest BCUT2D eigenvalue weighted by Gasteiger charge is -2.26. The van der Waals surface area contributed by atoms with Gasteiger partial charge >= 0.3 is 0 Å². The number of benzene rings is 4. The summed E-state index contributed by atoms with van der Waals surface area (Å²) in [4.78, 5) is 10.9. The molecule has 0 radical (unpaired) electrons. The Hall–Kier alpha value is -4.84. The predicted molar refractivity (Wildman–Crippen MR) is 150 cm³/mol. The van der Waals surface area contributed by atoms with Crippen molar-refractivity contribution in [1.29, 1.82) is 0 Å². The van der Waals surface area contributed by atoms with Crippen molar-refractivity contribution in [3.63, 3.8) is 0 Å². The summed E-state index contributed by atoms with van der Waals surface area (Å²) in [6, 6.07) is 32.6. The summed E-state index contributed by atoms with van der Waals surface area (Å²) < 4.78 is 11.1. The Morgan fingerprint density at radius 3 is 1.57 bits per heavy atom. The first-order valence-electron chi connectivity index (χ1n) is 11.9. The molecule has 0 aliphatic carbocycles. The van der Waals surface area contributed by atoms with Crippen LogP contribution in [0.5, 0.6) is 11.5 Å². The van der Waals surface area contributed by atoms with Gasteiger partial charge in [-0.05, 0) is 54.4 Å². The number of nitrogens with zero attached hydrogens (tertiary/aromatic N) is 3. The zero-order valence-electron chi connectivity index (χ0n) is 21.1. The van der Waals surface area contributed by atoms with Gasteiger partial charge in [-0.15, -0.1) is 0 Å². The van der Waals surface area contributed by atoms with Crippen LogP contribution in [0, 0.1) is 6.92 Å². The molecule has 0 spiro atoms. The minimum absolute atomic E-state index is 0.224. The van der Waals surface area contributed by atoms with Gasteiger partial charge in [-0.25, -0.2) is 4.98 Å². The molecule has 0 aliphatic heterocycles. The number of hydrogen-bond acceptors (Lipinski definition) is 6. The van der Waals surface area contributed by atoms with E-state index >= 15 is 0 Å². The molecule has 0 bridgehead atoms. The van der Waals surface area contributed by atoms with Crippen molar-refractivity contribution in [2.75, 3.05) is 24.9 Å². The van der Waals surface area contributed by atoms with Crippen molar-refractivity contribution in [2.45, 2.75) is 6.92 Å².